The first kappa shape index (κ1) is 13.2. The number of fused-ring (bicyclic) bond motifs is 1. The molecule has 0 aliphatic rings. The van der Waals surface area contributed by atoms with Crippen LogP contribution in [0.25, 0.3) is 10.9 Å². The summed E-state index contributed by atoms with van der Waals surface area (Å²) in [6.45, 7) is 1.81. The zero-order chi connectivity index (χ0) is 13.8. The number of aromatic nitrogens is 1. The van der Waals surface area contributed by atoms with E-state index in [0.29, 0.717) is 0 Å². The van der Waals surface area contributed by atoms with Crippen molar-refractivity contribution in [2.24, 2.45) is 0 Å². The van der Waals surface area contributed by atoms with Crippen LogP contribution in [0, 0.1) is 0 Å². The normalized spacial score (nSPS) is 11.1. The number of halogens is 1. The van der Waals surface area contributed by atoms with Gasteiger partial charge in [-0.05, 0) is 53.7 Å². The molecule has 0 saturated carbocycles. The Bertz CT molecular complexity index is 703. The fourth-order valence-electron chi connectivity index (χ4n) is 2.37. The molecule has 0 spiro atoms. The monoisotopic (exact) mass is 284 g/mol. The van der Waals surface area contributed by atoms with Gasteiger partial charge in [0.25, 0.3) is 0 Å². The minimum absolute atomic E-state index is 0.850. The van der Waals surface area contributed by atoms with E-state index in [9.17, 15) is 0 Å². The molecule has 2 aromatic carbocycles. The highest BCUT2D eigenvalue weighted by Crippen LogP contribution is 2.16. The Kier molecular flexibility index (Phi) is 4.05. The molecule has 0 fully saturated rings. The van der Waals surface area contributed by atoms with Crippen molar-refractivity contribution in [3.8, 4) is 0 Å². The van der Waals surface area contributed by atoms with Crippen molar-refractivity contribution >= 4 is 22.5 Å². The largest absolute Gasteiger partial charge is 0.361 e. The van der Waals surface area contributed by atoms with Crippen molar-refractivity contribution in [2.45, 2.75) is 13.0 Å². The second-order valence-electron chi connectivity index (χ2n) is 4.92. The maximum atomic E-state index is 6.14. The lowest BCUT2D eigenvalue weighted by atomic mass is 10.1. The Hall–Kier alpha value is -1.77. The zero-order valence-corrected chi connectivity index (χ0v) is 12.0. The van der Waals surface area contributed by atoms with Gasteiger partial charge in [-0.15, -0.1) is 0 Å². The molecule has 102 valence electrons. The van der Waals surface area contributed by atoms with E-state index in [2.05, 4.69) is 40.6 Å². The molecule has 1 aromatic heterocycles. The molecule has 0 unspecified atom stereocenters. The van der Waals surface area contributed by atoms with E-state index >= 15 is 0 Å². The van der Waals surface area contributed by atoms with Gasteiger partial charge in [0.2, 0.25) is 0 Å². The zero-order valence-electron chi connectivity index (χ0n) is 11.2. The Balaban J connectivity index is 1.53. The van der Waals surface area contributed by atoms with Crippen LogP contribution in [0.5, 0.6) is 0 Å². The van der Waals surface area contributed by atoms with E-state index < -0.39 is 0 Å². The molecule has 0 radical (unpaired) electrons. The van der Waals surface area contributed by atoms with Crippen LogP contribution < -0.4 is 5.32 Å². The molecule has 3 aromatic rings. The molecule has 0 saturated heterocycles. The second kappa shape index (κ2) is 6.12. The number of H-pyrrole nitrogens is 1. The lowest BCUT2D eigenvalue weighted by Gasteiger charge is -2.07. The van der Waals surface area contributed by atoms with E-state index in [4.69, 9.17) is 11.6 Å². The van der Waals surface area contributed by atoms with Gasteiger partial charge in [0.1, 0.15) is 0 Å². The summed E-state index contributed by atoms with van der Waals surface area (Å²) in [6.07, 6.45) is 2.92. The van der Waals surface area contributed by atoms with Gasteiger partial charge < -0.3 is 10.3 Å². The second-order valence-corrected chi connectivity index (χ2v) is 5.32. The lowest BCUT2D eigenvalue weighted by molar-refractivity contribution is 0.687. The number of nitrogens with one attached hydrogen (secondary N) is 2. The van der Waals surface area contributed by atoms with Gasteiger partial charge >= 0.3 is 0 Å². The Morgan fingerprint density at radius 2 is 1.95 bits per heavy atom. The van der Waals surface area contributed by atoms with Crippen LogP contribution in [-0.2, 0) is 13.0 Å². The maximum Gasteiger partial charge on any atom is 0.0454 e. The average molecular weight is 285 g/mol. The number of aromatic amines is 1. The smallest absolute Gasteiger partial charge is 0.0454 e. The number of rotatable bonds is 5. The van der Waals surface area contributed by atoms with Crippen LogP contribution in [0.4, 0.5) is 0 Å². The van der Waals surface area contributed by atoms with Gasteiger partial charge in [0, 0.05) is 23.3 Å². The van der Waals surface area contributed by atoms with Crippen molar-refractivity contribution < 1.29 is 0 Å². The summed E-state index contributed by atoms with van der Waals surface area (Å²) in [5.41, 5.74) is 3.68. The van der Waals surface area contributed by atoms with Crippen LogP contribution in [0.3, 0.4) is 0 Å². The Morgan fingerprint density at radius 1 is 1.05 bits per heavy atom. The Morgan fingerprint density at radius 3 is 2.85 bits per heavy atom. The van der Waals surface area contributed by atoms with Crippen LogP contribution in [0.2, 0.25) is 5.02 Å². The van der Waals surface area contributed by atoms with Gasteiger partial charge in [-0.2, -0.15) is 0 Å². The van der Waals surface area contributed by atoms with Crippen LogP contribution in [0.1, 0.15) is 11.1 Å². The highest BCUT2D eigenvalue weighted by Gasteiger charge is 2.00. The van der Waals surface area contributed by atoms with Crippen molar-refractivity contribution in [1.82, 2.24) is 10.3 Å². The fourth-order valence-corrected chi connectivity index (χ4v) is 2.60. The third-order valence-electron chi connectivity index (χ3n) is 3.48. The molecule has 0 aliphatic heterocycles. The Labute approximate surface area is 123 Å². The van der Waals surface area contributed by atoms with E-state index in [1.165, 1.54) is 22.0 Å². The van der Waals surface area contributed by atoms with Crippen LogP contribution >= 0.6 is 11.6 Å². The molecular formula is C17H17ClN2. The minimum atomic E-state index is 0.850. The number of benzene rings is 2. The summed E-state index contributed by atoms with van der Waals surface area (Å²) >= 11 is 6.14. The first-order valence-corrected chi connectivity index (χ1v) is 7.21. The molecule has 1 heterocycles. The topological polar surface area (TPSA) is 27.8 Å². The van der Waals surface area contributed by atoms with Gasteiger partial charge in [-0.25, -0.2) is 0 Å². The van der Waals surface area contributed by atoms with E-state index in [0.717, 1.165) is 24.5 Å². The highest BCUT2D eigenvalue weighted by molar-refractivity contribution is 6.31. The number of hydrogen-bond donors (Lipinski definition) is 2. The SMILES string of the molecule is Clc1ccccc1CCNCc1ccc2[nH]ccc2c1. The molecular weight excluding hydrogens is 268 g/mol. The quantitative estimate of drug-likeness (QED) is 0.677. The summed E-state index contributed by atoms with van der Waals surface area (Å²) in [5, 5.41) is 5.58. The maximum absolute atomic E-state index is 6.14. The molecule has 0 amide bonds. The van der Waals surface area contributed by atoms with E-state index in [1.807, 2.05) is 24.4 Å². The summed E-state index contributed by atoms with van der Waals surface area (Å²) in [4.78, 5) is 3.21. The molecule has 2 N–H and O–H groups in total. The first-order chi connectivity index (χ1) is 9.83. The van der Waals surface area contributed by atoms with Crippen LogP contribution in [-0.4, -0.2) is 11.5 Å². The van der Waals surface area contributed by atoms with Crippen molar-refractivity contribution in [3.05, 3.63) is 70.9 Å². The van der Waals surface area contributed by atoms with Crippen molar-refractivity contribution in [2.75, 3.05) is 6.54 Å². The molecule has 0 aliphatic carbocycles. The molecule has 2 nitrogen and oxygen atoms in total. The third-order valence-corrected chi connectivity index (χ3v) is 3.84. The average Bonchev–Trinajstić information content (AvgIpc) is 2.93. The number of hydrogen-bond acceptors (Lipinski definition) is 1. The van der Waals surface area contributed by atoms with Crippen molar-refractivity contribution in [3.63, 3.8) is 0 Å². The van der Waals surface area contributed by atoms with E-state index in [-0.39, 0.29) is 0 Å². The lowest BCUT2D eigenvalue weighted by Crippen LogP contribution is -2.16. The molecule has 3 rings (SSSR count). The van der Waals surface area contributed by atoms with Gasteiger partial charge in [-0.1, -0.05) is 35.9 Å². The summed E-state index contributed by atoms with van der Waals surface area (Å²) < 4.78 is 0. The third kappa shape index (κ3) is 3.03. The highest BCUT2D eigenvalue weighted by atomic mass is 35.5. The predicted molar refractivity (Wildman–Crippen MR) is 85.2 cm³/mol. The van der Waals surface area contributed by atoms with E-state index in [1.54, 1.807) is 0 Å². The fraction of sp³-hybridized carbons (Fsp3) is 0.176. The predicted octanol–water partition coefficient (Wildman–Crippen LogP) is 4.15. The molecule has 20 heavy (non-hydrogen) atoms. The first-order valence-electron chi connectivity index (χ1n) is 6.83. The van der Waals surface area contributed by atoms with Gasteiger partial charge in [0.15, 0.2) is 0 Å². The van der Waals surface area contributed by atoms with Gasteiger partial charge in [0.05, 0.1) is 0 Å². The van der Waals surface area contributed by atoms with Crippen molar-refractivity contribution in [1.29, 1.82) is 0 Å². The van der Waals surface area contributed by atoms with Crippen LogP contribution in [0.15, 0.2) is 54.7 Å². The molecule has 3 heteroatoms. The minimum Gasteiger partial charge on any atom is -0.361 e. The summed E-state index contributed by atoms with van der Waals surface area (Å²) in [5.74, 6) is 0. The molecule has 0 bridgehead atoms. The summed E-state index contributed by atoms with van der Waals surface area (Å²) in [6, 6.07) is 16.6. The standard InChI is InChI=1S/C17H17ClN2/c18-16-4-2-1-3-14(16)7-9-19-12-13-5-6-17-15(11-13)8-10-20-17/h1-6,8,10-11,19-20H,7,9,12H2. The summed E-state index contributed by atoms with van der Waals surface area (Å²) in [7, 11) is 0. The molecule has 0 atom stereocenters. The van der Waals surface area contributed by atoms with Gasteiger partial charge in [-0.3, -0.25) is 0 Å².